The monoisotopic (exact) mass is 270 g/mol. The Morgan fingerprint density at radius 2 is 2.10 bits per heavy atom. The second-order valence-electron chi connectivity index (χ2n) is 5.50. The van der Waals surface area contributed by atoms with Gasteiger partial charge in [0.15, 0.2) is 0 Å². The van der Waals surface area contributed by atoms with Gasteiger partial charge in [-0.15, -0.1) is 0 Å². The summed E-state index contributed by atoms with van der Waals surface area (Å²) in [5.41, 5.74) is 2.57. The maximum atomic E-state index is 4.50. The van der Waals surface area contributed by atoms with Gasteiger partial charge in [0.25, 0.3) is 0 Å². The van der Waals surface area contributed by atoms with E-state index >= 15 is 0 Å². The van der Waals surface area contributed by atoms with Gasteiger partial charge in [0, 0.05) is 45.5 Å². The molecule has 0 bridgehead atoms. The van der Waals surface area contributed by atoms with E-state index in [9.17, 15) is 0 Å². The molecule has 2 aromatic rings. The van der Waals surface area contributed by atoms with Crippen molar-refractivity contribution in [3.05, 3.63) is 53.9 Å². The van der Waals surface area contributed by atoms with E-state index in [4.69, 9.17) is 0 Å². The molecule has 1 aromatic carbocycles. The summed E-state index contributed by atoms with van der Waals surface area (Å²) in [4.78, 5) is 2.55. The number of nitrogens with one attached hydrogen (secondary N) is 1. The fraction of sp³-hybridized carbons (Fsp3) is 0.438. The van der Waals surface area contributed by atoms with Gasteiger partial charge in [-0.25, -0.2) is 0 Å². The maximum Gasteiger partial charge on any atom is 0.0764 e. The molecule has 0 spiro atoms. The first-order valence-electron chi connectivity index (χ1n) is 7.28. The Morgan fingerprint density at radius 3 is 2.85 bits per heavy atom. The largest absolute Gasteiger partial charge is 0.314 e. The molecule has 1 saturated heterocycles. The molecule has 1 atom stereocenters. The van der Waals surface area contributed by atoms with E-state index in [2.05, 4.69) is 51.7 Å². The van der Waals surface area contributed by atoms with Crippen molar-refractivity contribution < 1.29 is 0 Å². The molecule has 1 fully saturated rings. The Hall–Kier alpha value is -1.65. The van der Waals surface area contributed by atoms with Crippen molar-refractivity contribution in [1.29, 1.82) is 0 Å². The van der Waals surface area contributed by atoms with Crippen LogP contribution < -0.4 is 5.32 Å². The zero-order chi connectivity index (χ0) is 13.8. The third kappa shape index (κ3) is 3.26. The van der Waals surface area contributed by atoms with E-state index < -0.39 is 0 Å². The van der Waals surface area contributed by atoms with Crippen LogP contribution in [0.15, 0.2) is 42.6 Å². The number of aryl methyl sites for hydroxylation is 1. The van der Waals surface area contributed by atoms with E-state index in [0.29, 0.717) is 6.04 Å². The van der Waals surface area contributed by atoms with E-state index in [-0.39, 0.29) is 0 Å². The van der Waals surface area contributed by atoms with Gasteiger partial charge < -0.3 is 5.32 Å². The standard InChI is InChI=1S/C16H22N4/c1-19-9-7-15(18-19)13-20-10-8-17-12-16(20)11-14-5-3-2-4-6-14/h2-7,9,16-17H,8,10-13H2,1H3. The van der Waals surface area contributed by atoms with Gasteiger partial charge in [0.05, 0.1) is 5.69 Å². The molecule has 2 heterocycles. The Labute approximate surface area is 120 Å². The first-order chi connectivity index (χ1) is 9.81. The normalized spacial score (nSPS) is 20.1. The average molecular weight is 270 g/mol. The van der Waals surface area contributed by atoms with Crippen LogP contribution >= 0.6 is 0 Å². The Balaban J connectivity index is 1.67. The highest BCUT2D eigenvalue weighted by atomic mass is 15.3. The highest BCUT2D eigenvalue weighted by Crippen LogP contribution is 2.13. The number of piperazine rings is 1. The van der Waals surface area contributed by atoms with Crippen LogP contribution in [0.4, 0.5) is 0 Å². The smallest absolute Gasteiger partial charge is 0.0764 e. The molecule has 0 aliphatic carbocycles. The van der Waals surface area contributed by atoms with Crippen LogP contribution in [0.5, 0.6) is 0 Å². The Morgan fingerprint density at radius 1 is 1.25 bits per heavy atom. The van der Waals surface area contributed by atoms with Crippen molar-refractivity contribution >= 4 is 0 Å². The summed E-state index contributed by atoms with van der Waals surface area (Å²) in [6.07, 6.45) is 3.12. The van der Waals surface area contributed by atoms with Crippen LogP contribution in [-0.2, 0) is 20.0 Å². The number of hydrogen-bond donors (Lipinski definition) is 1. The summed E-state index contributed by atoms with van der Waals surface area (Å²) in [5, 5.41) is 8.01. The van der Waals surface area contributed by atoms with Crippen LogP contribution in [0.25, 0.3) is 0 Å². The fourth-order valence-electron chi connectivity index (χ4n) is 2.85. The molecule has 4 heteroatoms. The Bertz CT molecular complexity index is 534. The molecule has 1 unspecified atom stereocenters. The van der Waals surface area contributed by atoms with Crippen molar-refractivity contribution in [3.63, 3.8) is 0 Å². The van der Waals surface area contributed by atoms with Gasteiger partial charge in [0.2, 0.25) is 0 Å². The quantitative estimate of drug-likeness (QED) is 0.912. The van der Waals surface area contributed by atoms with E-state index in [0.717, 1.165) is 38.3 Å². The highest BCUT2D eigenvalue weighted by molar-refractivity contribution is 5.16. The molecule has 1 aromatic heterocycles. The molecule has 20 heavy (non-hydrogen) atoms. The van der Waals surface area contributed by atoms with Crippen molar-refractivity contribution in [2.75, 3.05) is 19.6 Å². The summed E-state index contributed by atoms with van der Waals surface area (Å²) < 4.78 is 1.88. The number of benzene rings is 1. The lowest BCUT2D eigenvalue weighted by atomic mass is 10.0. The van der Waals surface area contributed by atoms with Gasteiger partial charge in [-0.05, 0) is 18.1 Å². The minimum Gasteiger partial charge on any atom is -0.314 e. The molecule has 0 amide bonds. The number of aromatic nitrogens is 2. The molecule has 3 rings (SSSR count). The zero-order valence-electron chi connectivity index (χ0n) is 12.0. The van der Waals surface area contributed by atoms with E-state index in [1.807, 2.05) is 17.9 Å². The van der Waals surface area contributed by atoms with Crippen molar-refractivity contribution in [2.24, 2.45) is 7.05 Å². The van der Waals surface area contributed by atoms with Gasteiger partial charge in [-0.1, -0.05) is 30.3 Å². The number of hydrogen-bond acceptors (Lipinski definition) is 3. The average Bonchev–Trinajstić information content (AvgIpc) is 2.88. The molecular formula is C16H22N4. The third-order valence-electron chi connectivity index (χ3n) is 3.92. The number of nitrogens with zero attached hydrogens (tertiary/aromatic N) is 3. The molecule has 0 saturated carbocycles. The van der Waals surface area contributed by atoms with Crippen molar-refractivity contribution in [3.8, 4) is 0 Å². The summed E-state index contributed by atoms with van der Waals surface area (Å²) in [6.45, 7) is 4.16. The van der Waals surface area contributed by atoms with Gasteiger partial charge in [-0.2, -0.15) is 5.10 Å². The van der Waals surface area contributed by atoms with Crippen LogP contribution in [-0.4, -0.2) is 40.4 Å². The predicted octanol–water partition coefficient (Wildman–Crippen LogP) is 1.44. The van der Waals surface area contributed by atoms with E-state index in [1.54, 1.807) is 0 Å². The molecule has 1 N–H and O–H groups in total. The summed E-state index contributed by atoms with van der Waals surface area (Å²) in [5.74, 6) is 0. The lowest BCUT2D eigenvalue weighted by molar-refractivity contribution is 0.150. The third-order valence-corrected chi connectivity index (χ3v) is 3.92. The molecule has 1 aliphatic heterocycles. The minimum atomic E-state index is 0.549. The lowest BCUT2D eigenvalue weighted by Gasteiger charge is -2.36. The van der Waals surface area contributed by atoms with Crippen LogP contribution in [0.2, 0.25) is 0 Å². The van der Waals surface area contributed by atoms with Gasteiger partial charge in [0.1, 0.15) is 0 Å². The first kappa shape index (κ1) is 13.3. The van der Waals surface area contributed by atoms with Gasteiger partial charge >= 0.3 is 0 Å². The SMILES string of the molecule is Cn1ccc(CN2CCNCC2Cc2ccccc2)n1. The fourth-order valence-corrected chi connectivity index (χ4v) is 2.85. The molecular weight excluding hydrogens is 248 g/mol. The first-order valence-corrected chi connectivity index (χ1v) is 7.28. The summed E-state index contributed by atoms with van der Waals surface area (Å²) in [7, 11) is 1.97. The second-order valence-corrected chi connectivity index (χ2v) is 5.50. The second kappa shape index (κ2) is 6.20. The summed E-state index contributed by atoms with van der Waals surface area (Å²) >= 11 is 0. The van der Waals surface area contributed by atoms with Gasteiger partial charge in [-0.3, -0.25) is 9.58 Å². The van der Waals surface area contributed by atoms with Crippen LogP contribution in [0.3, 0.4) is 0 Å². The molecule has 106 valence electrons. The minimum absolute atomic E-state index is 0.549. The topological polar surface area (TPSA) is 33.1 Å². The molecule has 1 aliphatic rings. The maximum absolute atomic E-state index is 4.50. The van der Waals surface area contributed by atoms with Crippen LogP contribution in [0.1, 0.15) is 11.3 Å². The van der Waals surface area contributed by atoms with Crippen molar-refractivity contribution in [1.82, 2.24) is 20.0 Å². The van der Waals surface area contributed by atoms with E-state index in [1.165, 1.54) is 5.56 Å². The van der Waals surface area contributed by atoms with Crippen molar-refractivity contribution in [2.45, 2.75) is 19.0 Å². The molecule has 4 nitrogen and oxygen atoms in total. The number of rotatable bonds is 4. The zero-order valence-corrected chi connectivity index (χ0v) is 12.0. The van der Waals surface area contributed by atoms with Crippen LogP contribution in [0, 0.1) is 0 Å². The Kier molecular flexibility index (Phi) is 4.14. The molecule has 0 radical (unpaired) electrons. The lowest BCUT2D eigenvalue weighted by Crippen LogP contribution is -2.51. The summed E-state index contributed by atoms with van der Waals surface area (Å²) in [6, 6.07) is 13.4. The highest BCUT2D eigenvalue weighted by Gasteiger charge is 2.22. The predicted molar refractivity (Wildman–Crippen MR) is 80.4 cm³/mol.